The Balaban J connectivity index is 1.76. The molecule has 6 nitrogen and oxygen atoms in total. The second-order valence-corrected chi connectivity index (χ2v) is 13.0. The Bertz CT molecular complexity index is 1300. The number of hydrogen-bond donors (Lipinski definition) is 1. The van der Waals surface area contributed by atoms with Crippen molar-refractivity contribution in [2.24, 2.45) is 11.8 Å². The number of ether oxygens (including phenoxy) is 1. The predicted molar refractivity (Wildman–Crippen MR) is 114 cm³/mol. The molecule has 4 atom stereocenters. The van der Waals surface area contributed by atoms with Crippen molar-refractivity contribution in [2.45, 2.75) is 34.9 Å². The van der Waals surface area contributed by atoms with Gasteiger partial charge in [0.25, 0.3) is 0 Å². The number of nitrogens with one attached hydrogen (secondary N) is 1. The molecule has 2 fully saturated rings. The first-order chi connectivity index (χ1) is 15.1. The first-order valence-corrected chi connectivity index (χ1v) is 13.7. The van der Waals surface area contributed by atoms with Crippen LogP contribution in [-0.4, -0.2) is 35.2 Å². The lowest BCUT2D eigenvalue weighted by atomic mass is 9.64. The van der Waals surface area contributed by atoms with Gasteiger partial charge in [-0.1, -0.05) is 11.6 Å². The van der Waals surface area contributed by atoms with Crippen molar-refractivity contribution in [3.8, 4) is 5.75 Å². The third-order valence-corrected chi connectivity index (χ3v) is 11.3. The van der Waals surface area contributed by atoms with Gasteiger partial charge < -0.3 is 4.74 Å². The van der Waals surface area contributed by atoms with E-state index in [9.17, 15) is 21.2 Å². The number of sulfone groups is 1. The van der Waals surface area contributed by atoms with Gasteiger partial charge in [0.05, 0.1) is 22.8 Å². The van der Waals surface area contributed by atoms with Crippen LogP contribution >= 0.6 is 11.6 Å². The summed E-state index contributed by atoms with van der Waals surface area (Å²) in [4.78, 5) is -0.0572. The van der Waals surface area contributed by atoms with Crippen molar-refractivity contribution in [2.75, 3.05) is 12.4 Å². The monoisotopic (exact) mass is 503 g/mol. The largest absolute Gasteiger partial charge is 0.490 e. The van der Waals surface area contributed by atoms with Gasteiger partial charge in [0.2, 0.25) is 10.0 Å². The van der Waals surface area contributed by atoms with Gasteiger partial charge in [-0.25, -0.2) is 30.3 Å². The number of halogens is 3. The summed E-state index contributed by atoms with van der Waals surface area (Å²) in [6.07, 6.45) is 0.295. The molecular formula is C21H20ClF2NO5S2. The Morgan fingerprint density at radius 1 is 1.06 bits per heavy atom. The highest BCUT2D eigenvalue weighted by Gasteiger charge is 2.63. The van der Waals surface area contributed by atoms with Crippen molar-refractivity contribution in [1.29, 1.82) is 0 Å². The molecule has 0 spiro atoms. The second-order valence-electron chi connectivity index (χ2n) is 8.53. The smallest absolute Gasteiger partial charge is 0.211 e. The molecule has 2 aromatic rings. The molecular weight excluding hydrogens is 484 g/mol. The number of fused-ring (bicyclic) bond motifs is 5. The van der Waals surface area contributed by atoms with E-state index in [1.54, 1.807) is 0 Å². The summed E-state index contributed by atoms with van der Waals surface area (Å²) >= 11 is 5.94. The second kappa shape index (κ2) is 7.38. The lowest BCUT2D eigenvalue weighted by Gasteiger charge is -2.54. The van der Waals surface area contributed by atoms with Gasteiger partial charge in [0, 0.05) is 17.0 Å². The number of hydrogen-bond acceptors (Lipinski definition) is 5. The zero-order valence-corrected chi connectivity index (χ0v) is 19.1. The lowest BCUT2D eigenvalue weighted by molar-refractivity contribution is 0.0537. The Hall–Kier alpha value is -1.75. The Morgan fingerprint density at radius 2 is 1.75 bits per heavy atom. The Kier molecular flexibility index (Phi) is 5.09. The predicted octanol–water partition coefficient (Wildman–Crippen LogP) is 3.40. The average molecular weight is 504 g/mol. The van der Waals surface area contributed by atoms with Gasteiger partial charge in [0.1, 0.15) is 10.6 Å². The molecule has 11 heteroatoms. The van der Waals surface area contributed by atoms with Crippen molar-refractivity contribution in [3.05, 3.63) is 58.6 Å². The molecule has 1 saturated carbocycles. The number of sulfonamides is 1. The first kappa shape index (κ1) is 22.1. The summed E-state index contributed by atoms with van der Waals surface area (Å²) in [6.45, 7) is -0.164. The van der Waals surface area contributed by atoms with Gasteiger partial charge in [-0.3, -0.25) is 0 Å². The zero-order chi connectivity index (χ0) is 22.9. The Labute approximate surface area is 189 Å². The molecule has 32 heavy (non-hydrogen) atoms. The van der Waals surface area contributed by atoms with Gasteiger partial charge in [-0.2, -0.15) is 0 Å². The van der Waals surface area contributed by atoms with E-state index in [1.165, 1.54) is 24.3 Å². The molecule has 172 valence electrons. The molecule has 5 rings (SSSR count). The van der Waals surface area contributed by atoms with Crippen LogP contribution in [0.4, 0.5) is 8.78 Å². The molecule has 2 aliphatic heterocycles. The highest BCUT2D eigenvalue weighted by atomic mass is 35.5. The van der Waals surface area contributed by atoms with Crippen molar-refractivity contribution in [3.63, 3.8) is 0 Å². The summed E-state index contributed by atoms with van der Waals surface area (Å²) in [7, 11) is -7.72. The molecule has 0 radical (unpaired) electrons. The number of benzene rings is 2. The van der Waals surface area contributed by atoms with Gasteiger partial charge in [-0.05, 0) is 61.6 Å². The fraction of sp³-hybridized carbons (Fsp3) is 0.429. The molecule has 3 aliphatic rings. The normalized spacial score (nSPS) is 31.0. The molecule has 1 saturated heterocycles. The molecule has 1 aliphatic carbocycles. The topological polar surface area (TPSA) is 89.5 Å². The van der Waals surface area contributed by atoms with Crippen LogP contribution in [0.3, 0.4) is 0 Å². The van der Waals surface area contributed by atoms with Crippen LogP contribution in [-0.2, 0) is 24.6 Å². The van der Waals surface area contributed by atoms with Crippen LogP contribution in [0.1, 0.15) is 24.8 Å². The Morgan fingerprint density at radius 3 is 2.47 bits per heavy atom. The average Bonchev–Trinajstić information content (AvgIpc) is 2.75. The van der Waals surface area contributed by atoms with Crippen LogP contribution < -0.4 is 9.46 Å². The van der Waals surface area contributed by atoms with Crippen molar-refractivity contribution in [1.82, 2.24) is 4.72 Å². The van der Waals surface area contributed by atoms with Crippen LogP contribution in [0, 0.1) is 23.5 Å². The minimum atomic E-state index is -4.26. The lowest BCUT2D eigenvalue weighted by Crippen LogP contribution is -2.62. The molecule has 0 aromatic heterocycles. The van der Waals surface area contributed by atoms with Crippen molar-refractivity contribution < 1.29 is 30.4 Å². The summed E-state index contributed by atoms with van der Waals surface area (Å²) in [5, 5.41) is 0.341. The van der Waals surface area contributed by atoms with Crippen LogP contribution in [0.2, 0.25) is 5.02 Å². The van der Waals surface area contributed by atoms with E-state index in [4.69, 9.17) is 16.3 Å². The molecule has 2 aromatic carbocycles. The molecule has 1 N–H and O–H groups in total. The molecule has 0 unspecified atom stereocenters. The molecule has 0 amide bonds. The van der Waals surface area contributed by atoms with E-state index in [1.807, 2.05) is 0 Å². The van der Waals surface area contributed by atoms with Crippen LogP contribution in [0.15, 0.2) is 41.3 Å². The molecule has 2 heterocycles. The summed E-state index contributed by atoms with van der Waals surface area (Å²) in [6, 6.07) is 6.91. The van der Waals surface area contributed by atoms with E-state index in [2.05, 4.69) is 4.72 Å². The van der Waals surface area contributed by atoms with E-state index in [0.717, 1.165) is 12.1 Å². The highest BCUT2D eigenvalue weighted by Crippen LogP contribution is 2.59. The maximum Gasteiger partial charge on any atom is 0.211 e. The van der Waals surface area contributed by atoms with Gasteiger partial charge in [-0.15, -0.1) is 0 Å². The van der Waals surface area contributed by atoms with E-state index in [-0.39, 0.29) is 42.1 Å². The van der Waals surface area contributed by atoms with Crippen LogP contribution in [0.5, 0.6) is 5.75 Å². The van der Waals surface area contributed by atoms with Gasteiger partial charge >= 0.3 is 0 Å². The van der Waals surface area contributed by atoms with Crippen LogP contribution in [0.25, 0.3) is 0 Å². The van der Waals surface area contributed by atoms with E-state index in [0.29, 0.717) is 5.02 Å². The first-order valence-electron chi connectivity index (χ1n) is 10.2. The molecule has 0 bridgehead atoms. The van der Waals surface area contributed by atoms with Gasteiger partial charge in [0.15, 0.2) is 21.4 Å². The van der Waals surface area contributed by atoms with E-state index >= 15 is 4.39 Å². The minimum absolute atomic E-state index is 0.0572. The third-order valence-electron chi connectivity index (χ3n) is 7.00. The fourth-order valence-electron chi connectivity index (χ4n) is 5.63. The fourth-order valence-corrected chi connectivity index (χ4v) is 9.61. The summed E-state index contributed by atoms with van der Waals surface area (Å²) in [5.41, 5.74) is -0.310. The quantitative estimate of drug-likeness (QED) is 0.678. The van der Waals surface area contributed by atoms with Crippen molar-refractivity contribution >= 4 is 31.5 Å². The SMILES string of the molecule is O=S1(=O)CC[C@@H]2[C@@H](CC[C@@]3(S(=O)(=O)c4ccc(Cl)cc4)c4c(F)ccc(F)c4OC[C@@H]23)N1. The highest BCUT2D eigenvalue weighted by molar-refractivity contribution is 7.92. The summed E-state index contributed by atoms with van der Waals surface area (Å²) < 4.78 is 88.9. The maximum absolute atomic E-state index is 15.3. The zero-order valence-electron chi connectivity index (χ0n) is 16.7. The minimum Gasteiger partial charge on any atom is -0.490 e. The number of rotatable bonds is 2. The summed E-state index contributed by atoms with van der Waals surface area (Å²) in [5.74, 6) is -3.44. The third kappa shape index (κ3) is 3.10. The maximum atomic E-state index is 15.3. The standard InChI is InChI=1S/C21H20ClF2NO5S2/c22-12-1-3-13(4-2-12)32(28,29)21-9-7-18-14(8-10-31(26,27)25-18)15(21)11-30-20-17(24)6-5-16(23)19(20)21/h1-6,14-15,18,25H,7-11H2/t14-,15-,18+,21-/m0/s1. The van der Waals surface area contributed by atoms with E-state index < -0.39 is 59.9 Å².